The van der Waals surface area contributed by atoms with Gasteiger partial charge in [0.15, 0.2) is 0 Å². The van der Waals surface area contributed by atoms with Gasteiger partial charge in [0, 0.05) is 6.92 Å². The molecule has 2 rings (SSSR count). The first kappa shape index (κ1) is 24.9. The van der Waals surface area contributed by atoms with E-state index in [9.17, 15) is 0 Å². The molecule has 2 nitrogen and oxygen atoms in total. The maximum Gasteiger partial charge on any atom is 0.300 e. The Kier molecular flexibility index (Phi) is 21.3. The smallest absolute Gasteiger partial charge is 0.300 e. The van der Waals surface area contributed by atoms with E-state index in [1.54, 1.807) is 0 Å². The van der Waals surface area contributed by atoms with Crippen LogP contribution in [0.3, 0.4) is 0 Å². The molecular weight excluding hydrogens is 360 g/mol. The minimum Gasteiger partial charge on any atom is -0.481 e. The first-order chi connectivity index (χ1) is 10.9. The Morgan fingerprint density at radius 1 is 0.913 bits per heavy atom. The zero-order chi connectivity index (χ0) is 17.9. The Morgan fingerprint density at radius 2 is 1.17 bits per heavy atom. The molecule has 0 saturated carbocycles. The van der Waals surface area contributed by atoms with Crippen LogP contribution in [0.5, 0.6) is 0 Å². The monoisotopic (exact) mass is 388 g/mol. The van der Waals surface area contributed by atoms with Gasteiger partial charge in [0.2, 0.25) is 0 Å². The molecule has 0 fully saturated rings. The zero-order valence-corrected chi connectivity index (χ0v) is 18.2. The minimum atomic E-state index is -0.833. The van der Waals surface area contributed by atoms with Crippen molar-refractivity contribution in [3.63, 3.8) is 0 Å². The molecule has 0 aliphatic heterocycles. The molecule has 6 heteroatoms. The quantitative estimate of drug-likeness (QED) is 0.617. The summed E-state index contributed by atoms with van der Waals surface area (Å²) in [5.74, 6) is -0.833. The molecule has 2 aromatic rings. The summed E-state index contributed by atoms with van der Waals surface area (Å²) in [5.41, 5.74) is 1.44. The highest BCUT2D eigenvalue weighted by atomic mass is 32.7. The molecule has 0 spiro atoms. The molecule has 23 heavy (non-hydrogen) atoms. The second-order valence-corrected chi connectivity index (χ2v) is 16.0. The molecule has 0 heterocycles. The first-order valence-corrected chi connectivity index (χ1v) is 13.4. The first-order valence-electron chi connectivity index (χ1n) is 7.17. The van der Waals surface area contributed by atoms with Crippen LogP contribution < -0.4 is 0 Å². The average molecular weight is 388 g/mol. The predicted octanol–water partition coefficient (Wildman–Crippen LogP) is 6.26. The van der Waals surface area contributed by atoms with E-state index >= 15 is 0 Å². The molecule has 0 aliphatic rings. The molecule has 0 bridgehead atoms. The van der Waals surface area contributed by atoms with E-state index in [4.69, 9.17) is 9.90 Å². The SMILES string of the molecule is CC(=O)O.CCCc1ccccc1.PP(P)P.c1ccccc1. The molecule has 128 valence electrons. The Morgan fingerprint density at radius 3 is 1.43 bits per heavy atom. The lowest BCUT2D eigenvalue weighted by atomic mass is 10.1. The lowest BCUT2D eigenvalue weighted by molar-refractivity contribution is -0.134. The van der Waals surface area contributed by atoms with Crippen molar-refractivity contribution in [2.75, 3.05) is 0 Å². The van der Waals surface area contributed by atoms with E-state index in [-0.39, 0.29) is 6.99 Å². The van der Waals surface area contributed by atoms with Crippen LogP contribution in [0.15, 0.2) is 66.7 Å². The Bertz CT molecular complexity index is 431. The highest BCUT2D eigenvalue weighted by molar-refractivity contribution is 8.65. The fraction of sp³-hybridized carbons (Fsp3) is 0.235. The third-order valence-corrected chi connectivity index (χ3v) is 2.05. The van der Waals surface area contributed by atoms with Crippen LogP contribution in [0.2, 0.25) is 0 Å². The maximum absolute atomic E-state index is 9.00. The molecule has 0 aromatic heterocycles. The van der Waals surface area contributed by atoms with Crippen LogP contribution in [0, 0.1) is 0 Å². The number of rotatable bonds is 2. The number of aryl methyl sites for hydroxylation is 1. The van der Waals surface area contributed by atoms with Crippen molar-refractivity contribution >= 4 is 39.7 Å². The third kappa shape index (κ3) is 30.1. The molecular formula is C17H28O2P4. The van der Waals surface area contributed by atoms with Crippen molar-refractivity contribution in [2.45, 2.75) is 26.7 Å². The highest BCUT2D eigenvalue weighted by Gasteiger charge is 1.84. The number of carboxylic acid groups (broad SMARTS) is 1. The fourth-order valence-corrected chi connectivity index (χ4v) is 1.32. The Labute approximate surface area is 148 Å². The van der Waals surface area contributed by atoms with Crippen LogP contribution >= 0.6 is 33.8 Å². The van der Waals surface area contributed by atoms with Gasteiger partial charge in [0.05, 0.1) is 0 Å². The predicted molar refractivity (Wildman–Crippen MR) is 116 cm³/mol. The lowest BCUT2D eigenvalue weighted by Crippen LogP contribution is -1.78. The highest BCUT2D eigenvalue weighted by Crippen LogP contribution is 2.59. The van der Waals surface area contributed by atoms with Gasteiger partial charge in [-0.05, 0) is 19.0 Å². The van der Waals surface area contributed by atoms with E-state index in [0.717, 1.165) is 6.92 Å². The summed E-state index contributed by atoms with van der Waals surface area (Å²) in [7, 11) is 7.94. The molecule has 0 radical (unpaired) electrons. The molecule has 0 amide bonds. The van der Waals surface area contributed by atoms with Crippen LogP contribution in [-0.2, 0) is 11.2 Å². The van der Waals surface area contributed by atoms with Gasteiger partial charge in [-0.2, -0.15) is 0 Å². The Hall–Kier alpha value is -0.370. The summed E-state index contributed by atoms with van der Waals surface area (Å²) in [5, 5.41) is 7.42. The lowest BCUT2D eigenvalue weighted by Gasteiger charge is -1.93. The minimum absolute atomic E-state index is 0.130. The summed E-state index contributed by atoms with van der Waals surface area (Å²) in [6.45, 7) is 3.41. The molecule has 3 unspecified atom stereocenters. The second kappa shape index (κ2) is 19.7. The van der Waals surface area contributed by atoms with Crippen LogP contribution in [0.4, 0.5) is 0 Å². The number of carboxylic acids is 1. The zero-order valence-electron chi connectivity index (χ0n) is 13.8. The number of benzene rings is 2. The van der Waals surface area contributed by atoms with Crippen LogP contribution in [0.1, 0.15) is 25.8 Å². The molecule has 1 N–H and O–H groups in total. The fourth-order valence-electron chi connectivity index (χ4n) is 1.32. The van der Waals surface area contributed by atoms with E-state index in [1.807, 2.05) is 36.4 Å². The van der Waals surface area contributed by atoms with Crippen molar-refractivity contribution in [2.24, 2.45) is 0 Å². The van der Waals surface area contributed by atoms with Gasteiger partial charge in [-0.3, -0.25) is 4.79 Å². The summed E-state index contributed by atoms with van der Waals surface area (Å²) in [6, 6.07) is 22.6. The standard InChI is InChI=1S/C9H12.C6H6.C2H4O2.H6P4/c1-2-6-9-7-4-3-5-8-9;1-2-4-6-5-3-1;1-2(3)4;1-4(2)3/h3-5,7-8H,2,6H2,1H3;1-6H;1H3,(H,3,4);1-3H2. The third-order valence-electron chi connectivity index (χ3n) is 2.05. The molecule has 2 aromatic carbocycles. The van der Waals surface area contributed by atoms with E-state index < -0.39 is 5.97 Å². The molecule has 0 saturated heterocycles. The number of carbonyl (C=O) groups is 1. The van der Waals surface area contributed by atoms with Crippen LogP contribution in [-0.4, -0.2) is 11.1 Å². The van der Waals surface area contributed by atoms with Gasteiger partial charge in [-0.1, -0.05) is 80.1 Å². The van der Waals surface area contributed by atoms with E-state index in [1.165, 1.54) is 18.4 Å². The van der Waals surface area contributed by atoms with Crippen molar-refractivity contribution < 1.29 is 9.90 Å². The van der Waals surface area contributed by atoms with Crippen LogP contribution in [0.25, 0.3) is 0 Å². The van der Waals surface area contributed by atoms with Crippen molar-refractivity contribution in [1.82, 2.24) is 0 Å². The number of hydrogen-bond donors (Lipinski definition) is 1. The largest absolute Gasteiger partial charge is 0.481 e. The van der Waals surface area contributed by atoms with Crippen molar-refractivity contribution in [3.8, 4) is 0 Å². The summed E-state index contributed by atoms with van der Waals surface area (Å²) in [4.78, 5) is 9.00. The van der Waals surface area contributed by atoms with Gasteiger partial charge in [0.1, 0.15) is 0 Å². The van der Waals surface area contributed by atoms with Gasteiger partial charge in [-0.15, -0.1) is 26.8 Å². The second-order valence-electron chi connectivity index (χ2n) is 4.36. The normalized spacial score (nSPS) is 8.43. The molecule has 3 atom stereocenters. The van der Waals surface area contributed by atoms with Gasteiger partial charge >= 0.3 is 0 Å². The van der Waals surface area contributed by atoms with Gasteiger partial charge in [-0.25, -0.2) is 0 Å². The maximum atomic E-state index is 9.00. The topological polar surface area (TPSA) is 37.3 Å². The van der Waals surface area contributed by atoms with E-state index in [0.29, 0.717) is 0 Å². The van der Waals surface area contributed by atoms with Gasteiger partial charge in [0.25, 0.3) is 5.97 Å². The summed E-state index contributed by atoms with van der Waals surface area (Å²) >= 11 is 0. The van der Waals surface area contributed by atoms with Crippen molar-refractivity contribution in [3.05, 3.63) is 72.3 Å². The molecule has 0 aliphatic carbocycles. The van der Waals surface area contributed by atoms with E-state index in [2.05, 4.69) is 64.0 Å². The summed E-state index contributed by atoms with van der Waals surface area (Å²) < 4.78 is 0. The number of hydrogen-bond acceptors (Lipinski definition) is 1. The Balaban J connectivity index is 0. The van der Waals surface area contributed by atoms with Gasteiger partial charge < -0.3 is 5.11 Å². The van der Waals surface area contributed by atoms with Crippen molar-refractivity contribution in [1.29, 1.82) is 0 Å². The number of aliphatic carboxylic acids is 1. The summed E-state index contributed by atoms with van der Waals surface area (Å²) in [6.07, 6.45) is 2.45. The average Bonchev–Trinajstić information content (AvgIpc) is 2.50.